The molecule has 0 bridgehead atoms. The van der Waals surface area contributed by atoms with Crippen molar-refractivity contribution < 1.29 is 5.11 Å². The number of benzene rings is 1. The van der Waals surface area contributed by atoms with Crippen LogP contribution in [0.5, 0.6) is 5.75 Å². The fraction of sp³-hybridized carbons (Fsp3) is 0.143. The zero-order valence-electron chi connectivity index (χ0n) is 5.64. The molecule has 11 heavy (non-hydrogen) atoms. The molecule has 0 fully saturated rings. The molecule has 0 heterocycles. The van der Waals surface area contributed by atoms with Crippen molar-refractivity contribution >= 4 is 23.2 Å². The number of rotatable bonds is 1. The summed E-state index contributed by atoms with van der Waals surface area (Å²) in [4.78, 5) is 0. The van der Waals surface area contributed by atoms with E-state index in [0.717, 1.165) is 0 Å². The smallest absolute Gasteiger partial charge is 0.153 e. The summed E-state index contributed by atoms with van der Waals surface area (Å²) < 4.78 is 0. The van der Waals surface area contributed by atoms with Gasteiger partial charge in [-0.3, -0.25) is 0 Å². The van der Waals surface area contributed by atoms with Crippen LogP contribution in [-0.2, 0) is 6.54 Å². The van der Waals surface area contributed by atoms with E-state index in [9.17, 15) is 5.11 Å². The Morgan fingerprint density at radius 3 is 2.55 bits per heavy atom. The summed E-state index contributed by atoms with van der Waals surface area (Å²) in [5.41, 5.74) is 6.02. The van der Waals surface area contributed by atoms with Crippen molar-refractivity contribution in [3.8, 4) is 5.75 Å². The Morgan fingerprint density at radius 1 is 1.36 bits per heavy atom. The van der Waals surface area contributed by atoms with Crippen LogP contribution in [0.15, 0.2) is 12.1 Å². The van der Waals surface area contributed by atoms with E-state index in [4.69, 9.17) is 28.9 Å². The van der Waals surface area contributed by atoms with Gasteiger partial charge in [0.2, 0.25) is 0 Å². The van der Waals surface area contributed by atoms with Gasteiger partial charge in [-0.15, -0.1) is 0 Å². The van der Waals surface area contributed by atoms with Gasteiger partial charge in [0.25, 0.3) is 0 Å². The van der Waals surface area contributed by atoms with Gasteiger partial charge < -0.3 is 10.8 Å². The highest BCUT2D eigenvalue weighted by molar-refractivity contribution is 6.37. The van der Waals surface area contributed by atoms with Crippen molar-refractivity contribution in [1.29, 1.82) is 0 Å². The molecule has 0 saturated heterocycles. The van der Waals surface area contributed by atoms with Gasteiger partial charge in [-0.1, -0.05) is 29.3 Å². The zero-order chi connectivity index (χ0) is 8.43. The summed E-state index contributed by atoms with van der Waals surface area (Å²) in [7, 11) is 0. The molecule has 60 valence electrons. The minimum Gasteiger partial charge on any atom is -0.505 e. The standard InChI is InChI=1S/C7H7Cl2NO/c8-5-2-1-4(3-10)6(9)7(5)11/h1-2,11H,3,10H2. The first-order valence-corrected chi connectivity index (χ1v) is 3.78. The lowest BCUT2D eigenvalue weighted by atomic mass is 10.2. The first-order chi connectivity index (χ1) is 5.16. The van der Waals surface area contributed by atoms with Gasteiger partial charge in [0.05, 0.1) is 10.0 Å². The Hall–Kier alpha value is -0.440. The SMILES string of the molecule is NCc1ccc(Cl)c(O)c1Cl. The van der Waals surface area contributed by atoms with Gasteiger partial charge in [0.15, 0.2) is 5.75 Å². The average Bonchev–Trinajstić information content (AvgIpc) is 2.01. The van der Waals surface area contributed by atoms with Crippen molar-refractivity contribution in [2.75, 3.05) is 0 Å². The summed E-state index contributed by atoms with van der Waals surface area (Å²) in [5, 5.41) is 9.68. The summed E-state index contributed by atoms with van der Waals surface area (Å²) in [5.74, 6) is -0.101. The number of nitrogens with two attached hydrogens (primary N) is 1. The Bertz CT molecular complexity index is 275. The number of hydrogen-bond donors (Lipinski definition) is 2. The molecule has 1 aromatic rings. The molecule has 3 N–H and O–H groups in total. The number of phenols is 1. The van der Waals surface area contributed by atoms with E-state index in [1.165, 1.54) is 0 Å². The molecule has 0 atom stereocenters. The van der Waals surface area contributed by atoms with Crippen LogP contribution in [-0.4, -0.2) is 5.11 Å². The Balaban J connectivity index is 3.25. The van der Waals surface area contributed by atoms with Crippen LogP contribution in [0.2, 0.25) is 10.0 Å². The summed E-state index contributed by atoms with van der Waals surface area (Å²) in [6.45, 7) is 0.295. The number of phenolic OH excluding ortho intramolecular Hbond substituents is 1. The largest absolute Gasteiger partial charge is 0.505 e. The molecule has 1 rings (SSSR count). The van der Waals surface area contributed by atoms with Crippen LogP contribution in [0.25, 0.3) is 0 Å². The van der Waals surface area contributed by atoms with Gasteiger partial charge in [0.1, 0.15) is 0 Å². The maximum absolute atomic E-state index is 9.20. The fourth-order valence-corrected chi connectivity index (χ4v) is 1.19. The molecule has 0 amide bonds. The van der Waals surface area contributed by atoms with Crippen LogP contribution in [0, 0.1) is 0 Å². The highest BCUT2D eigenvalue weighted by atomic mass is 35.5. The van der Waals surface area contributed by atoms with Crippen LogP contribution in [0.3, 0.4) is 0 Å². The summed E-state index contributed by atoms with van der Waals surface area (Å²) >= 11 is 11.3. The lowest BCUT2D eigenvalue weighted by molar-refractivity contribution is 0.475. The van der Waals surface area contributed by atoms with Gasteiger partial charge in [-0.2, -0.15) is 0 Å². The fourth-order valence-electron chi connectivity index (χ4n) is 0.740. The van der Waals surface area contributed by atoms with Crippen LogP contribution < -0.4 is 5.73 Å². The zero-order valence-corrected chi connectivity index (χ0v) is 7.15. The summed E-state index contributed by atoms with van der Waals surface area (Å²) in [6, 6.07) is 3.25. The number of aromatic hydroxyl groups is 1. The molecule has 0 aliphatic carbocycles. The van der Waals surface area contributed by atoms with E-state index in [1.54, 1.807) is 12.1 Å². The van der Waals surface area contributed by atoms with Crippen LogP contribution in [0.1, 0.15) is 5.56 Å². The average molecular weight is 192 g/mol. The van der Waals surface area contributed by atoms with Gasteiger partial charge in [-0.05, 0) is 11.6 Å². The van der Waals surface area contributed by atoms with E-state index in [1.807, 2.05) is 0 Å². The van der Waals surface area contributed by atoms with E-state index < -0.39 is 0 Å². The van der Waals surface area contributed by atoms with E-state index in [0.29, 0.717) is 12.1 Å². The van der Waals surface area contributed by atoms with Crippen molar-refractivity contribution in [1.82, 2.24) is 0 Å². The molecule has 0 unspecified atom stereocenters. The molecular weight excluding hydrogens is 185 g/mol. The number of halogens is 2. The van der Waals surface area contributed by atoms with Gasteiger partial charge in [-0.25, -0.2) is 0 Å². The minimum atomic E-state index is -0.101. The molecule has 1 aromatic carbocycles. The third kappa shape index (κ3) is 1.59. The molecule has 4 heteroatoms. The predicted octanol–water partition coefficient (Wildman–Crippen LogP) is 2.16. The Kier molecular flexibility index (Phi) is 2.60. The highest BCUT2D eigenvalue weighted by Gasteiger charge is 2.06. The molecular formula is C7H7Cl2NO. The van der Waals surface area contributed by atoms with Crippen molar-refractivity contribution in [3.63, 3.8) is 0 Å². The van der Waals surface area contributed by atoms with Crippen molar-refractivity contribution in [3.05, 3.63) is 27.7 Å². The Morgan fingerprint density at radius 2 is 2.00 bits per heavy atom. The minimum absolute atomic E-state index is 0.101. The van der Waals surface area contributed by atoms with Crippen LogP contribution in [0.4, 0.5) is 0 Å². The summed E-state index contributed by atoms with van der Waals surface area (Å²) in [6.07, 6.45) is 0. The third-order valence-corrected chi connectivity index (χ3v) is 2.09. The molecule has 0 radical (unpaired) electrons. The number of hydrogen-bond acceptors (Lipinski definition) is 2. The van der Waals surface area contributed by atoms with Gasteiger partial charge >= 0.3 is 0 Å². The molecule has 2 nitrogen and oxygen atoms in total. The lowest BCUT2D eigenvalue weighted by Gasteiger charge is -2.03. The second-order valence-corrected chi connectivity index (χ2v) is 2.86. The van der Waals surface area contributed by atoms with E-state index >= 15 is 0 Å². The second kappa shape index (κ2) is 3.30. The third-order valence-electron chi connectivity index (χ3n) is 1.37. The maximum Gasteiger partial charge on any atom is 0.153 e. The first kappa shape index (κ1) is 8.65. The molecule has 0 saturated carbocycles. The van der Waals surface area contributed by atoms with Crippen molar-refractivity contribution in [2.24, 2.45) is 5.73 Å². The first-order valence-electron chi connectivity index (χ1n) is 3.02. The lowest BCUT2D eigenvalue weighted by Crippen LogP contribution is -1.96. The quantitative estimate of drug-likeness (QED) is 0.715. The monoisotopic (exact) mass is 191 g/mol. The molecule has 0 aliphatic heterocycles. The normalized spacial score (nSPS) is 10.1. The molecule has 0 aromatic heterocycles. The second-order valence-electron chi connectivity index (χ2n) is 2.07. The van der Waals surface area contributed by atoms with Gasteiger partial charge in [0, 0.05) is 6.54 Å². The molecule has 0 spiro atoms. The Labute approximate surface area is 74.5 Å². The van der Waals surface area contributed by atoms with Crippen LogP contribution >= 0.6 is 23.2 Å². The molecule has 0 aliphatic rings. The maximum atomic E-state index is 9.20. The highest BCUT2D eigenvalue weighted by Crippen LogP contribution is 2.33. The van der Waals surface area contributed by atoms with Crippen molar-refractivity contribution in [2.45, 2.75) is 6.54 Å². The van der Waals surface area contributed by atoms with E-state index in [2.05, 4.69) is 0 Å². The predicted molar refractivity (Wildman–Crippen MR) is 46.0 cm³/mol. The van der Waals surface area contributed by atoms with E-state index in [-0.39, 0.29) is 15.8 Å². The topological polar surface area (TPSA) is 46.2 Å².